The van der Waals surface area contributed by atoms with Gasteiger partial charge in [-0.25, -0.2) is 9.97 Å². The van der Waals surface area contributed by atoms with Gasteiger partial charge in [-0.15, -0.1) is 0 Å². The third-order valence-corrected chi connectivity index (χ3v) is 8.10. The van der Waals surface area contributed by atoms with E-state index in [0.29, 0.717) is 68.3 Å². The van der Waals surface area contributed by atoms with E-state index in [2.05, 4.69) is 14.9 Å². The molecule has 3 heterocycles. The van der Waals surface area contributed by atoms with Crippen LogP contribution in [0.25, 0.3) is 0 Å². The van der Waals surface area contributed by atoms with E-state index in [4.69, 9.17) is 11.6 Å². The Labute approximate surface area is 219 Å². The fourth-order valence-corrected chi connectivity index (χ4v) is 6.27. The summed E-state index contributed by atoms with van der Waals surface area (Å²) in [5.74, 6) is 0.0737. The number of carbonyl (C=O) groups excluding carboxylic acids is 1. The minimum Gasteiger partial charge on any atom is -0.387 e. The molecule has 2 aliphatic heterocycles. The van der Waals surface area contributed by atoms with Gasteiger partial charge in [-0.05, 0) is 49.4 Å². The first-order chi connectivity index (χ1) is 17.6. The maximum Gasteiger partial charge on any atom is 0.401 e. The van der Waals surface area contributed by atoms with Gasteiger partial charge in [-0.3, -0.25) is 9.69 Å². The Bertz CT molecular complexity index is 1120. The highest BCUT2D eigenvalue weighted by Crippen LogP contribution is 2.43. The van der Waals surface area contributed by atoms with Crippen LogP contribution < -0.4 is 4.90 Å². The molecule has 2 aromatic rings. The summed E-state index contributed by atoms with van der Waals surface area (Å²) in [6.45, 7) is 3.30. The van der Waals surface area contributed by atoms with Gasteiger partial charge in [0.15, 0.2) is 0 Å². The van der Waals surface area contributed by atoms with Crippen LogP contribution in [0.3, 0.4) is 0 Å². The fourth-order valence-electron chi connectivity index (χ4n) is 6.14. The van der Waals surface area contributed by atoms with Crippen molar-refractivity contribution in [2.45, 2.75) is 56.3 Å². The molecule has 7 nitrogen and oxygen atoms in total. The molecule has 2 saturated heterocycles. The maximum absolute atomic E-state index is 13.9. The molecule has 11 heteroatoms. The number of alkyl halides is 3. The van der Waals surface area contributed by atoms with Crippen LogP contribution in [0, 0.1) is 0 Å². The topological polar surface area (TPSA) is 72.8 Å². The lowest BCUT2D eigenvalue weighted by atomic mass is 9.88. The number of aliphatic hydroxyl groups is 1. The summed E-state index contributed by atoms with van der Waals surface area (Å²) in [5.41, 5.74) is 2.32. The maximum atomic E-state index is 13.9. The predicted octanol–water partition coefficient (Wildman–Crippen LogP) is 4.13. The van der Waals surface area contributed by atoms with Crippen molar-refractivity contribution in [3.63, 3.8) is 0 Å². The lowest BCUT2D eigenvalue weighted by Crippen LogP contribution is -2.53. The second-order valence-corrected chi connectivity index (χ2v) is 10.7. The number of amides is 1. The van der Waals surface area contributed by atoms with Gasteiger partial charge in [-0.2, -0.15) is 13.2 Å². The number of nitrogens with zero attached hydrogens (tertiary/aromatic N) is 5. The minimum absolute atomic E-state index is 0.136. The van der Waals surface area contributed by atoms with Crippen LogP contribution in [0.2, 0.25) is 5.02 Å². The van der Waals surface area contributed by atoms with Crippen LogP contribution in [0.15, 0.2) is 30.6 Å². The molecular weight excluding hydrogens is 507 g/mol. The number of rotatable bonds is 5. The third kappa shape index (κ3) is 5.42. The molecule has 0 saturated carbocycles. The second-order valence-electron chi connectivity index (χ2n) is 10.3. The Hall–Kier alpha value is -2.43. The molecule has 0 spiro atoms. The molecule has 2 fully saturated rings. The zero-order valence-electron chi connectivity index (χ0n) is 20.7. The molecule has 1 amide bonds. The molecule has 0 bridgehead atoms. The lowest BCUT2D eigenvalue weighted by Gasteiger charge is -2.40. The van der Waals surface area contributed by atoms with E-state index in [0.717, 1.165) is 11.4 Å². The van der Waals surface area contributed by atoms with E-state index in [1.807, 2.05) is 6.92 Å². The highest BCUT2D eigenvalue weighted by Gasteiger charge is 2.43. The molecule has 1 aliphatic carbocycles. The monoisotopic (exact) mass is 537 g/mol. The average Bonchev–Trinajstić information content (AvgIpc) is 3.42. The van der Waals surface area contributed by atoms with Gasteiger partial charge in [0.05, 0.1) is 24.3 Å². The summed E-state index contributed by atoms with van der Waals surface area (Å²) >= 11 is 6.07. The van der Waals surface area contributed by atoms with Crippen LogP contribution in [0.1, 0.15) is 60.9 Å². The number of piperazine rings is 1. The average molecular weight is 538 g/mol. The van der Waals surface area contributed by atoms with Crippen molar-refractivity contribution in [1.29, 1.82) is 0 Å². The molecule has 200 valence electrons. The van der Waals surface area contributed by atoms with Crippen molar-refractivity contribution in [2.75, 3.05) is 44.2 Å². The summed E-state index contributed by atoms with van der Waals surface area (Å²) in [6, 6.07) is 6.35. The van der Waals surface area contributed by atoms with Crippen LogP contribution >= 0.6 is 11.6 Å². The van der Waals surface area contributed by atoms with E-state index in [9.17, 15) is 23.1 Å². The Morgan fingerprint density at radius 2 is 1.84 bits per heavy atom. The smallest absolute Gasteiger partial charge is 0.387 e. The summed E-state index contributed by atoms with van der Waals surface area (Å²) in [5, 5.41) is 10.8. The molecule has 1 aromatic heterocycles. The normalized spacial score (nSPS) is 25.4. The van der Waals surface area contributed by atoms with Crippen molar-refractivity contribution in [3.05, 3.63) is 52.4 Å². The Balaban J connectivity index is 1.35. The van der Waals surface area contributed by atoms with Crippen LogP contribution in [-0.4, -0.2) is 82.3 Å². The highest BCUT2D eigenvalue weighted by molar-refractivity contribution is 6.30. The zero-order chi connectivity index (χ0) is 26.3. The van der Waals surface area contributed by atoms with Crippen LogP contribution in [-0.2, 0) is 4.79 Å². The SMILES string of the molecule is C[C@@H]1C[C@@H](O)c2ncnc(N3CCN(C(=O)C(c4ccc(Cl)cc4)C4CCCN4CC(F)(F)F)CC3)c21. The molecule has 2 unspecified atom stereocenters. The summed E-state index contributed by atoms with van der Waals surface area (Å²) < 4.78 is 40.0. The Morgan fingerprint density at radius 1 is 1.14 bits per heavy atom. The zero-order valence-corrected chi connectivity index (χ0v) is 21.4. The number of carbonyl (C=O) groups is 1. The number of likely N-dealkylation sites (tertiary alicyclic amines) is 1. The number of aromatic nitrogens is 2. The molecular formula is C26H31ClF3N5O2. The van der Waals surface area contributed by atoms with Gasteiger partial charge < -0.3 is 14.9 Å². The number of aliphatic hydroxyl groups excluding tert-OH is 1. The Morgan fingerprint density at radius 3 is 2.51 bits per heavy atom. The summed E-state index contributed by atoms with van der Waals surface area (Å²) in [4.78, 5) is 28.0. The van der Waals surface area contributed by atoms with Crippen molar-refractivity contribution in [3.8, 4) is 0 Å². The number of benzene rings is 1. The predicted molar refractivity (Wildman–Crippen MR) is 134 cm³/mol. The van der Waals surface area contributed by atoms with Crippen LogP contribution in [0.4, 0.5) is 19.0 Å². The van der Waals surface area contributed by atoms with E-state index in [-0.39, 0.29) is 11.8 Å². The van der Waals surface area contributed by atoms with Crippen molar-refractivity contribution < 1.29 is 23.1 Å². The first-order valence-corrected chi connectivity index (χ1v) is 13.1. The Kier molecular flexibility index (Phi) is 7.35. The second kappa shape index (κ2) is 10.4. The molecule has 5 rings (SSSR count). The minimum atomic E-state index is -4.33. The van der Waals surface area contributed by atoms with E-state index in [1.165, 1.54) is 11.2 Å². The molecule has 3 aliphatic rings. The molecule has 0 radical (unpaired) electrons. The van der Waals surface area contributed by atoms with E-state index >= 15 is 0 Å². The van der Waals surface area contributed by atoms with Crippen molar-refractivity contribution in [1.82, 2.24) is 19.8 Å². The van der Waals surface area contributed by atoms with Gasteiger partial charge in [-0.1, -0.05) is 30.7 Å². The number of fused-ring (bicyclic) bond motifs is 1. The number of hydrogen-bond acceptors (Lipinski definition) is 6. The quantitative estimate of drug-likeness (QED) is 0.618. The van der Waals surface area contributed by atoms with Gasteiger partial charge in [0.2, 0.25) is 5.91 Å². The number of anilines is 1. The first kappa shape index (κ1) is 26.2. The van der Waals surface area contributed by atoms with Gasteiger partial charge in [0.25, 0.3) is 0 Å². The van der Waals surface area contributed by atoms with Crippen LogP contribution in [0.5, 0.6) is 0 Å². The van der Waals surface area contributed by atoms with E-state index in [1.54, 1.807) is 29.2 Å². The summed E-state index contributed by atoms with van der Waals surface area (Å²) in [6.07, 6.45) is -1.70. The van der Waals surface area contributed by atoms with Gasteiger partial charge in [0.1, 0.15) is 12.1 Å². The third-order valence-electron chi connectivity index (χ3n) is 7.85. The number of hydrogen-bond donors (Lipinski definition) is 1. The standard InChI is InChI=1S/C26H31ClF3N5O2/c1-16-13-20(36)23-21(16)24(32-15-31-23)33-9-11-34(12-10-33)25(37)22(17-4-6-18(27)7-5-17)19-3-2-8-35(19)14-26(28,29)30/h4-7,15-16,19-20,22,36H,2-3,8-14H2,1H3/t16-,19?,20-,22?/m1/s1. The van der Waals surface area contributed by atoms with Crippen molar-refractivity contribution in [2.24, 2.45) is 0 Å². The number of halogens is 4. The van der Waals surface area contributed by atoms with Gasteiger partial charge in [0, 0.05) is 42.8 Å². The first-order valence-electron chi connectivity index (χ1n) is 12.7. The highest BCUT2D eigenvalue weighted by atomic mass is 35.5. The van der Waals surface area contributed by atoms with E-state index < -0.39 is 30.8 Å². The van der Waals surface area contributed by atoms with Crippen molar-refractivity contribution >= 4 is 23.3 Å². The molecule has 1 N–H and O–H groups in total. The molecule has 1 aromatic carbocycles. The molecule has 37 heavy (non-hydrogen) atoms. The fraction of sp³-hybridized carbons (Fsp3) is 0.577. The largest absolute Gasteiger partial charge is 0.401 e. The van der Waals surface area contributed by atoms with Gasteiger partial charge >= 0.3 is 6.18 Å². The molecule has 4 atom stereocenters. The summed E-state index contributed by atoms with van der Waals surface area (Å²) in [7, 11) is 0. The lowest BCUT2D eigenvalue weighted by molar-refractivity contribution is -0.152.